The van der Waals surface area contributed by atoms with Crippen LogP contribution in [0.5, 0.6) is 11.5 Å². The van der Waals surface area contributed by atoms with Crippen LogP contribution in [0.3, 0.4) is 0 Å². The zero-order chi connectivity index (χ0) is 19.5. The van der Waals surface area contributed by atoms with Gasteiger partial charge in [0.05, 0.1) is 7.11 Å². The van der Waals surface area contributed by atoms with Crippen LogP contribution < -0.4 is 9.47 Å². The van der Waals surface area contributed by atoms with Crippen LogP contribution in [0.2, 0.25) is 5.02 Å². The minimum Gasteiger partial charge on any atom is -0.493 e. The summed E-state index contributed by atoms with van der Waals surface area (Å²) in [6.07, 6.45) is 2.03. The van der Waals surface area contributed by atoms with Crippen LogP contribution in [0, 0.1) is 0 Å². The summed E-state index contributed by atoms with van der Waals surface area (Å²) in [6.45, 7) is 1.46. The van der Waals surface area contributed by atoms with E-state index in [0.717, 1.165) is 41.0 Å². The fraction of sp³-hybridized carbons (Fsp3) is 0.318. The van der Waals surface area contributed by atoms with Crippen molar-refractivity contribution in [2.45, 2.75) is 18.8 Å². The van der Waals surface area contributed by atoms with Gasteiger partial charge in [0, 0.05) is 40.6 Å². The Balaban J connectivity index is 1.41. The van der Waals surface area contributed by atoms with Crippen molar-refractivity contribution in [2.24, 2.45) is 0 Å². The van der Waals surface area contributed by atoms with E-state index in [-0.39, 0.29) is 18.4 Å². The second-order valence-corrected chi connectivity index (χ2v) is 7.51. The molecule has 3 aromatic rings. The number of rotatable bonds is 5. The third kappa shape index (κ3) is 3.94. The van der Waals surface area contributed by atoms with Crippen molar-refractivity contribution in [1.82, 2.24) is 9.88 Å². The Hall–Kier alpha value is -2.66. The van der Waals surface area contributed by atoms with Gasteiger partial charge in [-0.05, 0) is 49.2 Å². The molecule has 1 amide bonds. The molecular weight excluding hydrogens is 376 g/mol. The van der Waals surface area contributed by atoms with Gasteiger partial charge in [-0.15, -0.1) is 0 Å². The van der Waals surface area contributed by atoms with E-state index >= 15 is 0 Å². The molecule has 1 aliphatic heterocycles. The lowest BCUT2D eigenvalue weighted by molar-refractivity contribution is -0.134. The zero-order valence-electron chi connectivity index (χ0n) is 15.8. The molecule has 1 unspecified atom stereocenters. The lowest BCUT2D eigenvalue weighted by Gasteiger charge is -2.32. The summed E-state index contributed by atoms with van der Waals surface area (Å²) in [5.41, 5.74) is 2.22. The molecule has 28 heavy (non-hydrogen) atoms. The van der Waals surface area contributed by atoms with E-state index in [2.05, 4.69) is 11.1 Å². The molecule has 0 radical (unpaired) electrons. The number of nitrogens with one attached hydrogen (secondary N) is 1. The zero-order valence-corrected chi connectivity index (χ0v) is 16.5. The van der Waals surface area contributed by atoms with Crippen LogP contribution in [-0.4, -0.2) is 42.6 Å². The highest BCUT2D eigenvalue weighted by molar-refractivity contribution is 6.31. The molecule has 2 aromatic carbocycles. The van der Waals surface area contributed by atoms with E-state index in [1.807, 2.05) is 41.3 Å². The molecule has 0 saturated carbocycles. The first-order chi connectivity index (χ1) is 13.6. The summed E-state index contributed by atoms with van der Waals surface area (Å²) in [5, 5.41) is 1.83. The average Bonchev–Trinajstić information content (AvgIpc) is 3.15. The molecule has 4 rings (SSSR count). The average molecular weight is 399 g/mol. The molecule has 0 bridgehead atoms. The summed E-state index contributed by atoms with van der Waals surface area (Å²) >= 11 is 6.10. The summed E-state index contributed by atoms with van der Waals surface area (Å²) in [7, 11) is 1.59. The number of para-hydroxylation sites is 2. The first kappa shape index (κ1) is 18.7. The Morgan fingerprint density at radius 2 is 2.04 bits per heavy atom. The minimum atomic E-state index is -0.00485. The maximum absolute atomic E-state index is 12.7. The summed E-state index contributed by atoms with van der Waals surface area (Å²) in [4.78, 5) is 18.1. The number of fused-ring (bicyclic) bond motifs is 1. The summed E-state index contributed by atoms with van der Waals surface area (Å²) in [5.74, 6) is 1.49. The number of likely N-dealkylation sites (tertiary alicyclic amines) is 1. The van der Waals surface area contributed by atoms with E-state index in [4.69, 9.17) is 21.1 Å². The quantitative estimate of drug-likeness (QED) is 0.682. The number of carbonyl (C=O) groups is 1. The molecule has 0 spiro atoms. The molecular formula is C22H23ClN2O3. The topological polar surface area (TPSA) is 54.6 Å². The third-order valence-corrected chi connectivity index (χ3v) is 5.47. The van der Waals surface area contributed by atoms with Crippen molar-refractivity contribution in [1.29, 1.82) is 0 Å². The highest BCUT2D eigenvalue weighted by Gasteiger charge is 2.26. The molecule has 1 fully saturated rings. The predicted molar refractivity (Wildman–Crippen MR) is 110 cm³/mol. The van der Waals surface area contributed by atoms with Gasteiger partial charge >= 0.3 is 0 Å². The Morgan fingerprint density at radius 1 is 1.21 bits per heavy atom. The van der Waals surface area contributed by atoms with Gasteiger partial charge in [0.1, 0.15) is 0 Å². The molecule has 5 nitrogen and oxygen atoms in total. The number of ether oxygens (including phenoxy) is 2. The van der Waals surface area contributed by atoms with Crippen LogP contribution in [-0.2, 0) is 4.79 Å². The number of amides is 1. The lowest BCUT2D eigenvalue weighted by atomic mass is 9.94. The molecule has 0 aliphatic carbocycles. The van der Waals surface area contributed by atoms with Gasteiger partial charge in [-0.25, -0.2) is 0 Å². The number of piperidine rings is 1. The highest BCUT2D eigenvalue weighted by Crippen LogP contribution is 2.30. The van der Waals surface area contributed by atoms with Crippen LogP contribution >= 0.6 is 11.6 Å². The fourth-order valence-corrected chi connectivity index (χ4v) is 3.95. The number of aromatic amines is 1. The second kappa shape index (κ2) is 8.15. The number of aromatic nitrogens is 1. The predicted octanol–water partition coefficient (Wildman–Crippen LogP) is 4.61. The first-order valence-corrected chi connectivity index (χ1v) is 9.83. The maximum atomic E-state index is 12.7. The van der Waals surface area contributed by atoms with Crippen molar-refractivity contribution in [3.63, 3.8) is 0 Å². The molecule has 1 aromatic heterocycles. The number of benzene rings is 2. The number of halogens is 1. The van der Waals surface area contributed by atoms with Gasteiger partial charge in [-0.2, -0.15) is 0 Å². The molecule has 1 N–H and O–H groups in total. The second-order valence-electron chi connectivity index (χ2n) is 7.07. The number of hydrogen-bond acceptors (Lipinski definition) is 3. The van der Waals surface area contributed by atoms with Crippen molar-refractivity contribution in [3.05, 3.63) is 59.2 Å². The third-order valence-electron chi connectivity index (χ3n) is 5.24. The number of H-pyrrole nitrogens is 1. The minimum absolute atomic E-state index is 0.00485. The van der Waals surface area contributed by atoms with E-state index < -0.39 is 0 Å². The molecule has 6 heteroatoms. The SMILES string of the molecule is COc1ccccc1OCC(=O)N1CCCC(c2cc3cc(Cl)ccc3[nH]2)C1. The summed E-state index contributed by atoms with van der Waals surface area (Å²) in [6, 6.07) is 15.3. The van der Waals surface area contributed by atoms with Crippen LogP contribution in [0.1, 0.15) is 24.5 Å². The van der Waals surface area contributed by atoms with Gasteiger partial charge in [0.15, 0.2) is 18.1 Å². The van der Waals surface area contributed by atoms with Crippen LogP contribution in [0.4, 0.5) is 0 Å². The standard InChI is InChI=1S/C22H23ClN2O3/c1-27-20-6-2-3-7-21(20)28-14-22(26)25-10-4-5-15(13-25)19-12-16-11-17(23)8-9-18(16)24-19/h2-3,6-9,11-12,15,24H,4-5,10,13-14H2,1H3. The molecule has 2 heterocycles. The van der Waals surface area contributed by atoms with Gasteiger partial charge in [-0.1, -0.05) is 23.7 Å². The van der Waals surface area contributed by atoms with Crippen molar-refractivity contribution >= 4 is 28.4 Å². The van der Waals surface area contributed by atoms with Gasteiger partial charge in [0.25, 0.3) is 5.91 Å². The van der Waals surface area contributed by atoms with Crippen molar-refractivity contribution < 1.29 is 14.3 Å². The Kier molecular flexibility index (Phi) is 5.44. The number of carbonyl (C=O) groups excluding carboxylic acids is 1. The number of nitrogens with zero attached hydrogens (tertiary/aromatic N) is 1. The number of hydrogen-bond donors (Lipinski definition) is 1. The Morgan fingerprint density at radius 3 is 2.86 bits per heavy atom. The van der Waals surface area contributed by atoms with Crippen LogP contribution in [0.15, 0.2) is 48.5 Å². The maximum Gasteiger partial charge on any atom is 0.260 e. The van der Waals surface area contributed by atoms with Gasteiger partial charge in [-0.3, -0.25) is 4.79 Å². The van der Waals surface area contributed by atoms with Crippen molar-refractivity contribution in [2.75, 3.05) is 26.8 Å². The summed E-state index contributed by atoms with van der Waals surface area (Å²) < 4.78 is 11.0. The lowest BCUT2D eigenvalue weighted by Crippen LogP contribution is -2.41. The molecule has 1 atom stereocenters. The van der Waals surface area contributed by atoms with Gasteiger partial charge < -0.3 is 19.4 Å². The molecule has 146 valence electrons. The first-order valence-electron chi connectivity index (χ1n) is 9.46. The Labute approximate surface area is 169 Å². The van der Waals surface area contributed by atoms with Crippen molar-refractivity contribution in [3.8, 4) is 11.5 Å². The normalized spacial score (nSPS) is 16.9. The largest absolute Gasteiger partial charge is 0.493 e. The van der Waals surface area contributed by atoms with Gasteiger partial charge in [0.2, 0.25) is 0 Å². The highest BCUT2D eigenvalue weighted by atomic mass is 35.5. The van der Waals surface area contributed by atoms with E-state index in [9.17, 15) is 4.79 Å². The molecule has 1 saturated heterocycles. The Bertz CT molecular complexity index is 985. The monoisotopic (exact) mass is 398 g/mol. The molecule has 1 aliphatic rings. The number of methoxy groups -OCH3 is 1. The van der Waals surface area contributed by atoms with Crippen LogP contribution in [0.25, 0.3) is 10.9 Å². The van der Waals surface area contributed by atoms with E-state index in [1.54, 1.807) is 13.2 Å². The smallest absolute Gasteiger partial charge is 0.260 e. The van der Waals surface area contributed by atoms with E-state index in [0.29, 0.717) is 18.0 Å². The fourth-order valence-electron chi connectivity index (χ4n) is 3.77. The van der Waals surface area contributed by atoms with E-state index in [1.165, 1.54) is 0 Å².